The molecule has 20 heavy (non-hydrogen) atoms. The van der Waals surface area contributed by atoms with Crippen LogP contribution in [-0.2, 0) is 19.5 Å². The summed E-state index contributed by atoms with van der Waals surface area (Å²) in [6.45, 7) is 1.17. The van der Waals surface area contributed by atoms with Crippen LogP contribution in [0, 0.1) is 11.3 Å². The molecule has 110 valence electrons. The van der Waals surface area contributed by atoms with E-state index in [-0.39, 0.29) is 23.6 Å². The van der Waals surface area contributed by atoms with Gasteiger partial charge in [-0.2, -0.15) is 5.26 Å². The Labute approximate surface area is 118 Å². The van der Waals surface area contributed by atoms with E-state index in [1.165, 1.54) is 18.2 Å². The predicted molar refractivity (Wildman–Crippen MR) is 73.5 cm³/mol. The summed E-state index contributed by atoms with van der Waals surface area (Å²) >= 11 is 0. The maximum atomic E-state index is 12.0. The second kappa shape index (κ2) is 7.81. The summed E-state index contributed by atoms with van der Waals surface area (Å²) in [5, 5.41) is 8.94. The third kappa shape index (κ3) is 4.79. The Morgan fingerprint density at radius 3 is 2.75 bits per heavy atom. The summed E-state index contributed by atoms with van der Waals surface area (Å²) in [5.41, 5.74) is 5.86. The maximum absolute atomic E-state index is 12.0. The van der Waals surface area contributed by atoms with Crippen LogP contribution in [-0.4, -0.2) is 41.9 Å². The number of nitrogen functional groups attached to an aromatic ring is 1. The third-order valence-corrected chi connectivity index (χ3v) is 3.90. The summed E-state index contributed by atoms with van der Waals surface area (Å²) in [5.74, 6) is 0. The fourth-order valence-corrected chi connectivity index (χ4v) is 2.59. The third-order valence-electron chi connectivity index (χ3n) is 2.38. The number of hydrogen-bond acceptors (Lipinski definition) is 6. The second-order valence-electron chi connectivity index (χ2n) is 3.87. The largest absolute Gasteiger partial charge is 0.399 e. The zero-order valence-corrected chi connectivity index (χ0v) is 11.9. The number of nitrogens with one attached hydrogen (secondary N) is 1. The number of sulfonamides is 1. The fourth-order valence-electron chi connectivity index (χ4n) is 1.44. The van der Waals surface area contributed by atoms with Gasteiger partial charge in [-0.1, -0.05) is 0 Å². The maximum Gasteiger partial charge on any atom is 0.241 e. The molecule has 0 heterocycles. The minimum atomic E-state index is -3.75. The van der Waals surface area contributed by atoms with E-state index in [9.17, 15) is 8.42 Å². The highest BCUT2D eigenvalue weighted by molar-refractivity contribution is 7.89. The van der Waals surface area contributed by atoms with Crippen LogP contribution in [0.25, 0.3) is 0 Å². The van der Waals surface area contributed by atoms with Crippen LogP contribution in [0.3, 0.4) is 0 Å². The Kier molecular flexibility index (Phi) is 6.41. The van der Waals surface area contributed by atoms with Crippen molar-refractivity contribution in [1.29, 1.82) is 5.26 Å². The van der Waals surface area contributed by atoms with E-state index >= 15 is 0 Å². The first-order valence-corrected chi connectivity index (χ1v) is 7.35. The van der Waals surface area contributed by atoms with Crippen molar-refractivity contribution in [1.82, 2.24) is 4.72 Å². The van der Waals surface area contributed by atoms with Crippen molar-refractivity contribution in [2.45, 2.75) is 4.90 Å². The van der Waals surface area contributed by atoms with Gasteiger partial charge in [-0.3, -0.25) is 0 Å². The lowest BCUT2D eigenvalue weighted by Gasteiger charge is -2.09. The van der Waals surface area contributed by atoms with Gasteiger partial charge in [-0.05, 0) is 18.2 Å². The average Bonchev–Trinajstić information content (AvgIpc) is 2.42. The Morgan fingerprint density at radius 2 is 2.10 bits per heavy atom. The molecule has 0 bridgehead atoms. The van der Waals surface area contributed by atoms with Crippen LogP contribution in [0.2, 0.25) is 0 Å². The van der Waals surface area contributed by atoms with Gasteiger partial charge in [0.1, 0.15) is 6.07 Å². The molecule has 0 radical (unpaired) electrons. The van der Waals surface area contributed by atoms with Crippen molar-refractivity contribution < 1.29 is 17.9 Å². The molecule has 0 spiro atoms. The highest BCUT2D eigenvalue weighted by Gasteiger charge is 2.18. The number of hydrogen-bond donors (Lipinski definition) is 2. The van der Waals surface area contributed by atoms with E-state index in [0.29, 0.717) is 18.9 Å². The van der Waals surface area contributed by atoms with Crippen LogP contribution >= 0.6 is 0 Å². The number of rotatable bonds is 8. The van der Waals surface area contributed by atoms with Crippen LogP contribution in [0.4, 0.5) is 5.69 Å². The highest BCUT2D eigenvalue weighted by atomic mass is 32.2. The monoisotopic (exact) mass is 299 g/mol. The van der Waals surface area contributed by atoms with Gasteiger partial charge in [0, 0.05) is 19.3 Å². The zero-order valence-electron chi connectivity index (χ0n) is 11.1. The molecule has 1 rings (SSSR count). The molecule has 0 fully saturated rings. The number of nitrogens with two attached hydrogens (primary N) is 1. The molecule has 0 atom stereocenters. The summed E-state index contributed by atoms with van der Waals surface area (Å²) < 4.78 is 36.4. The molecule has 0 aliphatic carbocycles. The zero-order chi connectivity index (χ0) is 15.0. The quantitative estimate of drug-likeness (QED) is 0.519. The van der Waals surface area contributed by atoms with Gasteiger partial charge in [0.2, 0.25) is 10.0 Å². The van der Waals surface area contributed by atoms with Gasteiger partial charge in [0.25, 0.3) is 0 Å². The van der Waals surface area contributed by atoms with Crippen molar-refractivity contribution in [2.24, 2.45) is 0 Å². The molecule has 0 saturated carbocycles. The molecular formula is C12H17N3O4S. The minimum absolute atomic E-state index is 0.0119. The normalized spacial score (nSPS) is 11.2. The Morgan fingerprint density at radius 1 is 1.35 bits per heavy atom. The molecule has 7 nitrogen and oxygen atoms in total. The van der Waals surface area contributed by atoms with E-state index in [1.54, 1.807) is 7.11 Å². The first-order chi connectivity index (χ1) is 9.51. The Balaban J connectivity index is 2.63. The molecule has 8 heteroatoms. The summed E-state index contributed by atoms with van der Waals surface area (Å²) in [6, 6.07) is 5.88. The smallest absolute Gasteiger partial charge is 0.241 e. The molecule has 1 aromatic carbocycles. The summed E-state index contributed by atoms with van der Waals surface area (Å²) in [4.78, 5) is -0.0916. The van der Waals surface area contributed by atoms with Gasteiger partial charge >= 0.3 is 0 Å². The fraction of sp³-hybridized carbons (Fsp3) is 0.417. The van der Waals surface area contributed by atoms with Gasteiger partial charge in [0.15, 0.2) is 0 Å². The lowest BCUT2D eigenvalue weighted by atomic mass is 10.2. The van der Waals surface area contributed by atoms with Crippen molar-refractivity contribution in [3.63, 3.8) is 0 Å². The molecule has 1 aromatic rings. The van der Waals surface area contributed by atoms with Crippen LogP contribution < -0.4 is 10.5 Å². The van der Waals surface area contributed by atoms with E-state index in [1.807, 2.05) is 6.07 Å². The number of nitriles is 1. The van der Waals surface area contributed by atoms with Gasteiger partial charge in [-0.15, -0.1) is 0 Å². The number of anilines is 1. The number of methoxy groups -OCH3 is 1. The lowest BCUT2D eigenvalue weighted by Crippen LogP contribution is -2.28. The standard InChI is InChI=1S/C12H17N3O4S/c1-18-6-7-19-5-4-15-20(16,17)12-3-2-11(14)8-10(12)9-13/h2-3,8,15H,4-7,14H2,1H3. The first kappa shape index (κ1) is 16.4. The van der Waals surface area contributed by atoms with Crippen LogP contribution in [0.1, 0.15) is 5.56 Å². The van der Waals surface area contributed by atoms with Crippen LogP contribution in [0.15, 0.2) is 23.1 Å². The molecule has 0 unspecified atom stereocenters. The van der Waals surface area contributed by atoms with Crippen molar-refractivity contribution in [2.75, 3.05) is 39.2 Å². The van der Waals surface area contributed by atoms with Gasteiger partial charge in [0.05, 0.1) is 30.3 Å². The molecule has 3 N–H and O–H groups in total. The Bertz CT molecular complexity index is 581. The Hall–Kier alpha value is -1.66. The van der Waals surface area contributed by atoms with Gasteiger partial charge < -0.3 is 15.2 Å². The summed E-state index contributed by atoms with van der Waals surface area (Å²) in [6.07, 6.45) is 0. The first-order valence-electron chi connectivity index (χ1n) is 5.87. The predicted octanol–water partition coefficient (Wildman–Crippen LogP) is 0.0818. The average molecular weight is 299 g/mol. The molecule has 0 amide bonds. The molecule has 0 aliphatic rings. The van der Waals surface area contributed by atoms with E-state index in [0.717, 1.165) is 0 Å². The second-order valence-corrected chi connectivity index (χ2v) is 5.61. The minimum Gasteiger partial charge on any atom is -0.399 e. The van der Waals surface area contributed by atoms with E-state index in [2.05, 4.69) is 4.72 Å². The summed E-state index contributed by atoms with van der Waals surface area (Å²) in [7, 11) is -2.20. The number of ether oxygens (including phenoxy) is 2. The van der Waals surface area contributed by atoms with E-state index in [4.69, 9.17) is 20.5 Å². The van der Waals surface area contributed by atoms with Crippen molar-refractivity contribution in [3.8, 4) is 6.07 Å². The van der Waals surface area contributed by atoms with Gasteiger partial charge in [-0.25, -0.2) is 13.1 Å². The number of nitrogens with zero attached hydrogens (tertiary/aromatic N) is 1. The van der Waals surface area contributed by atoms with Crippen molar-refractivity contribution >= 4 is 15.7 Å². The molecule has 0 saturated heterocycles. The molecule has 0 aliphatic heterocycles. The molecular weight excluding hydrogens is 282 g/mol. The topological polar surface area (TPSA) is 114 Å². The highest BCUT2D eigenvalue weighted by Crippen LogP contribution is 2.17. The number of benzene rings is 1. The van der Waals surface area contributed by atoms with Crippen molar-refractivity contribution in [3.05, 3.63) is 23.8 Å². The SMILES string of the molecule is COCCOCCNS(=O)(=O)c1ccc(N)cc1C#N. The van der Waals surface area contributed by atoms with Crippen LogP contribution in [0.5, 0.6) is 0 Å². The lowest BCUT2D eigenvalue weighted by molar-refractivity contribution is 0.0736. The van der Waals surface area contributed by atoms with E-state index < -0.39 is 10.0 Å². The molecule has 0 aromatic heterocycles.